The van der Waals surface area contributed by atoms with Crippen molar-refractivity contribution < 1.29 is 9.47 Å². The zero-order valence-electron chi connectivity index (χ0n) is 12.2. The zero-order chi connectivity index (χ0) is 12.8. The first-order valence-electron chi connectivity index (χ1n) is 6.77. The van der Waals surface area contributed by atoms with Crippen LogP contribution in [-0.2, 0) is 9.47 Å². The highest BCUT2D eigenvalue weighted by atomic mass is 16.5. The summed E-state index contributed by atoms with van der Waals surface area (Å²) in [4.78, 5) is 0. The Labute approximate surface area is 103 Å². The van der Waals surface area contributed by atoms with Crippen molar-refractivity contribution in [2.45, 2.75) is 66.9 Å². The van der Waals surface area contributed by atoms with Gasteiger partial charge in [-0.25, -0.2) is 0 Å². The van der Waals surface area contributed by atoms with Crippen LogP contribution in [0.3, 0.4) is 0 Å². The Kier molecular flexibility index (Phi) is 17.1. The SMILES string of the molecule is CCC(C)OCC(C)C.CCCOCCC. The highest BCUT2D eigenvalue weighted by molar-refractivity contribution is 4.46. The molecule has 0 aliphatic heterocycles. The molecule has 0 N–H and O–H groups in total. The highest BCUT2D eigenvalue weighted by Gasteiger charge is 1.98. The molecule has 0 saturated carbocycles. The van der Waals surface area contributed by atoms with E-state index in [1.54, 1.807) is 0 Å². The van der Waals surface area contributed by atoms with Crippen molar-refractivity contribution in [2.75, 3.05) is 19.8 Å². The van der Waals surface area contributed by atoms with Crippen molar-refractivity contribution in [1.29, 1.82) is 0 Å². The Bertz CT molecular complexity index is 109. The quantitative estimate of drug-likeness (QED) is 0.582. The minimum Gasteiger partial charge on any atom is -0.381 e. The molecular formula is C14H32O2. The summed E-state index contributed by atoms with van der Waals surface area (Å²) >= 11 is 0. The second kappa shape index (κ2) is 14.9. The molecule has 0 aromatic rings. The zero-order valence-corrected chi connectivity index (χ0v) is 12.2. The van der Waals surface area contributed by atoms with Gasteiger partial charge in [0.2, 0.25) is 0 Å². The third-order valence-electron chi connectivity index (χ3n) is 1.99. The van der Waals surface area contributed by atoms with Gasteiger partial charge in [-0.05, 0) is 32.1 Å². The summed E-state index contributed by atoms with van der Waals surface area (Å²) in [5.41, 5.74) is 0. The Balaban J connectivity index is 0. The minimum absolute atomic E-state index is 0.437. The van der Waals surface area contributed by atoms with Gasteiger partial charge in [0.05, 0.1) is 6.10 Å². The van der Waals surface area contributed by atoms with Crippen LogP contribution in [0.1, 0.15) is 60.8 Å². The fraction of sp³-hybridized carbons (Fsp3) is 1.00. The first-order valence-corrected chi connectivity index (χ1v) is 6.77. The van der Waals surface area contributed by atoms with E-state index in [2.05, 4.69) is 41.5 Å². The van der Waals surface area contributed by atoms with E-state index in [9.17, 15) is 0 Å². The van der Waals surface area contributed by atoms with Crippen LogP contribution in [0.15, 0.2) is 0 Å². The summed E-state index contributed by atoms with van der Waals surface area (Å²) in [7, 11) is 0. The Morgan fingerprint density at radius 1 is 0.875 bits per heavy atom. The van der Waals surface area contributed by atoms with E-state index in [4.69, 9.17) is 9.47 Å². The van der Waals surface area contributed by atoms with Crippen molar-refractivity contribution in [3.8, 4) is 0 Å². The summed E-state index contributed by atoms with van der Waals surface area (Å²) in [6.07, 6.45) is 3.83. The number of hydrogen-bond acceptors (Lipinski definition) is 2. The van der Waals surface area contributed by atoms with Crippen molar-refractivity contribution in [3.05, 3.63) is 0 Å². The van der Waals surface area contributed by atoms with Gasteiger partial charge in [-0.15, -0.1) is 0 Å². The van der Waals surface area contributed by atoms with Crippen molar-refractivity contribution >= 4 is 0 Å². The van der Waals surface area contributed by atoms with Gasteiger partial charge in [-0.3, -0.25) is 0 Å². The maximum Gasteiger partial charge on any atom is 0.0544 e. The smallest absolute Gasteiger partial charge is 0.0544 e. The first-order chi connectivity index (χ1) is 7.58. The van der Waals surface area contributed by atoms with E-state index < -0.39 is 0 Å². The van der Waals surface area contributed by atoms with Crippen LogP contribution in [0.4, 0.5) is 0 Å². The van der Waals surface area contributed by atoms with Crippen LogP contribution in [0, 0.1) is 5.92 Å². The topological polar surface area (TPSA) is 18.5 Å². The highest BCUT2D eigenvalue weighted by Crippen LogP contribution is 1.99. The Morgan fingerprint density at radius 2 is 1.38 bits per heavy atom. The van der Waals surface area contributed by atoms with Crippen LogP contribution >= 0.6 is 0 Å². The lowest BCUT2D eigenvalue weighted by atomic mass is 10.2. The Morgan fingerprint density at radius 3 is 1.69 bits per heavy atom. The summed E-state index contributed by atoms with van der Waals surface area (Å²) in [6.45, 7) is 15.6. The van der Waals surface area contributed by atoms with Gasteiger partial charge < -0.3 is 9.47 Å². The van der Waals surface area contributed by atoms with Gasteiger partial charge >= 0.3 is 0 Å². The van der Waals surface area contributed by atoms with Crippen molar-refractivity contribution in [1.82, 2.24) is 0 Å². The number of ether oxygens (including phenoxy) is 2. The van der Waals surface area contributed by atoms with Gasteiger partial charge in [0.25, 0.3) is 0 Å². The molecule has 0 heterocycles. The lowest BCUT2D eigenvalue weighted by molar-refractivity contribution is 0.0455. The van der Waals surface area contributed by atoms with Crippen LogP contribution in [0.2, 0.25) is 0 Å². The molecule has 0 spiro atoms. The largest absolute Gasteiger partial charge is 0.381 e. The number of hydrogen-bond donors (Lipinski definition) is 0. The molecule has 0 aliphatic rings. The molecule has 16 heavy (non-hydrogen) atoms. The molecule has 100 valence electrons. The molecule has 0 fully saturated rings. The minimum atomic E-state index is 0.437. The molecule has 0 rings (SSSR count). The summed E-state index contributed by atoms with van der Waals surface area (Å²) in [5.74, 6) is 0.666. The lowest BCUT2D eigenvalue weighted by Crippen LogP contribution is -2.10. The van der Waals surface area contributed by atoms with E-state index in [0.29, 0.717) is 12.0 Å². The van der Waals surface area contributed by atoms with E-state index >= 15 is 0 Å². The first kappa shape index (κ1) is 18.3. The predicted octanol–water partition coefficient (Wildman–Crippen LogP) is 4.28. The molecule has 0 bridgehead atoms. The fourth-order valence-electron chi connectivity index (χ4n) is 0.865. The van der Waals surface area contributed by atoms with E-state index in [1.165, 1.54) is 0 Å². The molecule has 1 unspecified atom stereocenters. The summed E-state index contributed by atoms with van der Waals surface area (Å²) in [5, 5.41) is 0. The molecule has 0 amide bonds. The monoisotopic (exact) mass is 232 g/mol. The molecule has 0 radical (unpaired) electrons. The van der Waals surface area contributed by atoms with Crippen molar-refractivity contribution in [2.24, 2.45) is 5.92 Å². The molecule has 0 aromatic carbocycles. The van der Waals surface area contributed by atoms with Gasteiger partial charge in [-0.2, -0.15) is 0 Å². The second-order valence-corrected chi connectivity index (χ2v) is 4.56. The van der Waals surface area contributed by atoms with Crippen LogP contribution in [0.5, 0.6) is 0 Å². The standard InChI is InChI=1S/C8H18O.C6H14O/c1-5-8(4)9-6-7(2)3;1-3-5-7-6-4-2/h7-8H,5-6H2,1-4H3;3-6H2,1-2H3. The van der Waals surface area contributed by atoms with E-state index in [0.717, 1.165) is 39.1 Å². The van der Waals surface area contributed by atoms with E-state index in [-0.39, 0.29) is 0 Å². The van der Waals surface area contributed by atoms with Crippen LogP contribution in [0.25, 0.3) is 0 Å². The average molecular weight is 232 g/mol. The molecule has 2 nitrogen and oxygen atoms in total. The fourth-order valence-corrected chi connectivity index (χ4v) is 0.865. The third-order valence-corrected chi connectivity index (χ3v) is 1.99. The van der Waals surface area contributed by atoms with Gasteiger partial charge in [0, 0.05) is 19.8 Å². The second-order valence-electron chi connectivity index (χ2n) is 4.56. The molecule has 0 aliphatic carbocycles. The number of rotatable bonds is 8. The van der Waals surface area contributed by atoms with Gasteiger partial charge in [0.15, 0.2) is 0 Å². The van der Waals surface area contributed by atoms with Gasteiger partial charge in [0.1, 0.15) is 0 Å². The summed E-state index contributed by atoms with van der Waals surface area (Å²) < 4.78 is 10.6. The van der Waals surface area contributed by atoms with Crippen LogP contribution < -0.4 is 0 Å². The molecule has 0 aromatic heterocycles. The molecule has 0 saturated heterocycles. The predicted molar refractivity (Wildman–Crippen MR) is 71.9 cm³/mol. The third kappa shape index (κ3) is 19.5. The Hall–Kier alpha value is -0.0800. The van der Waals surface area contributed by atoms with Crippen molar-refractivity contribution in [3.63, 3.8) is 0 Å². The summed E-state index contributed by atoms with van der Waals surface area (Å²) in [6, 6.07) is 0. The normalized spacial score (nSPS) is 12.2. The molecule has 1 atom stereocenters. The lowest BCUT2D eigenvalue weighted by Gasteiger charge is -2.11. The average Bonchev–Trinajstić information content (AvgIpc) is 2.27. The maximum absolute atomic E-state index is 5.45. The maximum atomic E-state index is 5.45. The molecular weight excluding hydrogens is 200 g/mol. The van der Waals surface area contributed by atoms with Gasteiger partial charge in [-0.1, -0.05) is 34.6 Å². The van der Waals surface area contributed by atoms with Crippen LogP contribution in [-0.4, -0.2) is 25.9 Å². The van der Waals surface area contributed by atoms with E-state index in [1.807, 2.05) is 0 Å². The molecule has 2 heteroatoms.